The molecule has 0 aliphatic carbocycles. The number of carbonyl (C=O) groups is 3. The number of hydrogen-bond acceptors (Lipinski definition) is 6. The third-order valence-electron chi connectivity index (χ3n) is 4.16. The first-order chi connectivity index (χ1) is 10.5. The highest BCUT2D eigenvalue weighted by Crippen LogP contribution is 2.22. The Morgan fingerprint density at radius 1 is 1.05 bits per heavy atom. The van der Waals surface area contributed by atoms with Crippen LogP contribution in [-0.2, 0) is 19.1 Å². The van der Waals surface area contributed by atoms with Crippen LogP contribution in [0.4, 0.5) is 0 Å². The van der Waals surface area contributed by atoms with Crippen LogP contribution in [-0.4, -0.2) is 54.5 Å². The Kier molecular flexibility index (Phi) is 10.9. The first kappa shape index (κ1) is 20.9. The molecule has 0 aromatic carbocycles. The standard InChI is InChI=1S/C16H28O6/c1-4-5-11(2)12(3)22-10-13(6-17)14(7-18)15(8-19)16(21)9-20/h6-8,11-16,20-21H,4-5,9-10H2,1-3H3/t11-,12-,13?,14?,15+,16-/m1/s1. The van der Waals surface area contributed by atoms with Gasteiger partial charge in [0.1, 0.15) is 18.9 Å². The van der Waals surface area contributed by atoms with Crippen molar-refractivity contribution in [2.24, 2.45) is 23.7 Å². The van der Waals surface area contributed by atoms with Gasteiger partial charge in [-0.05, 0) is 19.3 Å². The molecule has 2 N–H and O–H groups in total. The van der Waals surface area contributed by atoms with Crippen LogP contribution in [0.1, 0.15) is 33.6 Å². The fourth-order valence-corrected chi connectivity index (χ4v) is 2.40. The van der Waals surface area contributed by atoms with Gasteiger partial charge in [0, 0.05) is 11.8 Å². The highest BCUT2D eigenvalue weighted by atomic mass is 16.5. The molecule has 6 nitrogen and oxygen atoms in total. The maximum atomic E-state index is 11.2. The summed E-state index contributed by atoms with van der Waals surface area (Å²) in [6.45, 7) is 5.38. The van der Waals surface area contributed by atoms with Gasteiger partial charge in [0.15, 0.2) is 0 Å². The summed E-state index contributed by atoms with van der Waals surface area (Å²) in [5.74, 6) is -2.64. The Balaban J connectivity index is 4.79. The predicted octanol–water partition coefficient (Wildman–Crippen LogP) is 0.626. The molecule has 0 bridgehead atoms. The second kappa shape index (κ2) is 11.5. The number of ether oxygens (including phenoxy) is 1. The number of hydrogen-bond donors (Lipinski definition) is 2. The van der Waals surface area contributed by atoms with Gasteiger partial charge in [-0.3, -0.25) is 0 Å². The number of rotatable bonds is 13. The fourth-order valence-electron chi connectivity index (χ4n) is 2.40. The quantitative estimate of drug-likeness (QED) is 0.483. The van der Waals surface area contributed by atoms with Gasteiger partial charge in [-0.1, -0.05) is 20.3 Å². The van der Waals surface area contributed by atoms with Gasteiger partial charge in [0.2, 0.25) is 0 Å². The van der Waals surface area contributed by atoms with Crippen molar-refractivity contribution in [2.45, 2.75) is 45.8 Å². The average molecular weight is 316 g/mol. The van der Waals surface area contributed by atoms with E-state index < -0.39 is 30.5 Å². The normalized spacial score (nSPS) is 19.5. The third-order valence-corrected chi connectivity index (χ3v) is 4.16. The van der Waals surface area contributed by atoms with Crippen molar-refractivity contribution < 1.29 is 29.3 Å². The summed E-state index contributed by atoms with van der Waals surface area (Å²) >= 11 is 0. The lowest BCUT2D eigenvalue weighted by molar-refractivity contribution is -0.133. The third kappa shape index (κ3) is 6.34. The fraction of sp³-hybridized carbons (Fsp3) is 0.812. The van der Waals surface area contributed by atoms with E-state index in [-0.39, 0.29) is 12.7 Å². The van der Waals surface area contributed by atoms with E-state index in [1.165, 1.54) is 0 Å². The summed E-state index contributed by atoms with van der Waals surface area (Å²) in [5.41, 5.74) is 0. The van der Waals surface area contributed by atoms with Gasteiger partial charge in [-0.15, -0.1) is 0 Å². The van der Waals surface area contributed by atoms with Crippen molar-refractivity contribution in [3.8, 4) is 0 Å². The van der Waals surface area contributed by atoms with Gasteiger partial charge in [0.25, 0.3) is 0 Å². The van der Waals surface area contributed by atoms with E-state index in [2.05, 4.69) is 6.92 Å². The number of aliphatic hydroxyl groups excluding tert-OH is 2. The molecule has 0 saturated carbocycles. The van der Waals surface area contributed by atoms with E-state index >= 15 is 0 Å². The minimum atomic E-state index is -1.37. The van der Waals surface area contributed by atoms with Crippen molar-refractivity contribution >= 4 is 18.9 Å². The first-order valence-corrected chi connectivity index (χ1v) is 7.73. The van der Waals surface area contributed by atoms with Crippen molar-refractivity contribution in [2.75, 3.05) is 13.2 Å². The van der Waals surface area contributed by atoms with E-state index in [9.17, 15) is 19.5 Å². The van der Waals surface area contributed by atoms with Crippen LogP contribution in [0.5, 0.6) is 0 Å². The molecule has 128 valence electrons. The van der Waals surface area contributed by atoms with Crippen LogP contribution in [0.25, 0.3) is 0 Å². The number of carbonyl (C=O) groups excluding carboxylic acids is 3. The molecule has 2 unspecified atom stereocenters. The molecule has 0 aliphatic rings. The lowest BCUT2D eigenvalue weighted by Gasteiger charge is -2.27. The molecule has 0 saturated heterocycles. The molecule has 0 aromatic rings. The average Bonchev–Trinajstić information content (AvgIpc) is 2.53. The van der Waals surface area contributed by atoms with E-state index in [4.69, 9.17) is 9.84 Å². The summed E-state index contributed by atoms with van der Waals surface area (Å²) in [5, 5.41) is 18.5. The molecule has 6 heteroatoms. The molecule has 0 radical (unpaired) electrons. The highest BCUT2D eigenvalue weighted by molar-refractivity contribution is 5.71. The largest absolute Gasteiger partial charge is 0.394 e. The molecule has 22 heavy (non-hydrogen) atoms. The molecule has 0 aliphatic heterocycles. The van der Waals surface area contributed by atoms with Gasteiger partial charge >= 0.3 is 0 Å². The Labute approximate surface area is 131 Å². The second-order valence-electron chi connectivity index (χ2n) is 5.78. The SMILES string of the molecule is CCC[C@@H](C)[C@@H](C)OCC(C=O)C(C=O)[C@H](C=O)[C@H](O)CO. The minimum Gasteiger partial charge on any atom is -0.394 e. The van der Waals surface area contributed by atoms with Crippen molar-refractivity contribution in [3.05, 3.63) is 0 Å². The predicted molar refractivity (Wildman–Crippen MR) is 81.2 cm³/mol. The van der Waals surface area contributed by atoms with Crippen LogP contribution in [0.3, 0.4) is 0 Å². The molecule has 6 atom stereocenters. The van der Waals surface area contributed by atoms with Crippen LogP contribution in [0.2, 0.25) is 0 Å². The Morgan fingerprint density at radius 3 is 2.05 bits per heavy atom. The summed E-state index contributed by atoms with van der Waals surface area (Å²) in [7, 11) is 0. The molecule has 0 spiro atoms. The van der Waals surface area contributed by atoms with Gasteiger partial charge < -0.3 is 29.3 Å². The van der Waals surface area contributed by atoms with Crippen molar-refractivity contribution in [1.29, 1.82) is 0 Å². The molecule has 0 amide bonds. The molecule has 0 rings (SSSR count). The maximum absolute atomic E-state index is 11.2. The number of aldehydes is 3. The van der Waals surface area contributed by atoms with Crippen LogP contribution in [0.15, 0.2) is 0 Å². The summed E-state index contributed by atoms with van der Waals surface area (Å²) in [4.78, 5) is 33.6. The molecular formula is C16H28O6. The zero-order valence-corrected chi connectivity index (χ0v) is 13.6. The van der Waals surface area contributed by atoms with E-state index in [1.807, 2.05) is 13.8 Å². The minimum absolute atomic E-state index is 0.00458. The topological polar surface area (TPSA) is 101 Å². The van der Waals surface area contributed by atoms with Crippen molar-refractivity contribution in [3.63, 3.8) is 0 Å². The lowest BCUT2D eigenvalue weighted by atomic mass is 9.81. The zero-order valence-electron chi connectivity index (χ0n) is 13.6. The molecular weight excluding hydrogens is 288 g/mol. The maximum Gasteiger partial charge on any atom is 0.126 e. The Morgan fingerprint density at radius 2 is 1.64 bits per heavy atom. The first-order valence-electron chi connectivity index (χ1n) is 7.73. The lowest BCUT2D eigenvalue weighted by Crippen LogP contribution is -2.39. The van der Waals surface area contributed by atoms with Gasteiger partial charge in [-0.2, -0.15) is 0 Å². The number of aliphatic hydroxyl groups is 2. The summed E-state index contributed by atoms with van der Waals surface area (Å²) in [6, 6.07) is 0. The van der Waals surface area contributed by atoms with Crippen LogP contribution >= 0.6 is 0 Å². The monoisotopic (exact) mass is 316 g/mol. The van der Waals surface area contributed by atoms with Crippen LogP contribution in [0, 0.1) is 23.7 Å². The van der Waals surface area contributed by atoms with Crippen LogP contribution < -0.4 is 0 Å². The Bertz CT molecular complexity index is 333. The molecule has 0 fully saturated rings. The summed E-state index contributed by atoms with van der Waals surface area (Å²) in [6.07, 6.45) is 2.01. The van der Waals surface area contributed by atoms with Crippen molar-refractivity contribution in [1.82, 2.24) is 0 Å². The summed E-state index contributed by atoms with van der Waals surface area (Å²) < 4.78 is 5.65. The highest BCUT2D eigenvalue weighted by Gasteiger charge is 2.34. The Hall–Kier alpha value is -1.11. The van der Waals surface area contributed by atoms with Gasteiger partial charge in [-0.25, -0.2) is 0 Å². The zero-order chi connectivity index (χ0) is 17.1. The molecule has 0 aromatic heterocycles. The smallest absolute Gasteiger partial charge is 0.126 e. The van der Waals surface area contributed by atoms with E-state index in [1.54, 1.807) is 0 Å². The second-order valence-corrected chi connectivity index (χ2v) is 5.78. The van der Waals surface area contributed by atoms with E-state index in [0.717, 1.165) is 12.8 Å². The van der Waals surface area contributed by atoms with Gasteiger partial charge in [0.05, 0.1) is 31.3 Å². The molecule has 0 heterocycles. The van der Waals surface area contributed by atoms with E-state index in [0.29, 0.717) is 24.8 Å².